The van der Waals surface area contributed by atoms with Crippen molar-refractivity contribution in [2.75, 3.05) is 19.6 Å². The number of sulfonamides is 1. The van der Waals surface area contributed by atoms with Crippen LogP contribution in [0.3, 0.4) is 0 Å². The molecule has 2 aliphatic heterocycles. The summed E-state index contributed by atoms with van der Waals surface area (Å²) in [4.78, 5) is 25.6. The molecule has 2 fully saturated rings. The maximum Gasteiger partial charge on any atom is 0.326 e. The number of rotatable bonds is 4. The molecule has 2 aliphatic rings. The number of benzene rings is 1. The van der Waals surface area contributed by atoms with Gasteiger partial charge in [-0.2, -0.15) is 4.31 Å². The summed E-state index contributed by atoms with van der Waals surface area (Å²) in [5, 5.41) is 9.28. The highest BCUT2D eigenvalue weighted by molar-refractivity contribution is 7.89. The Kier molecular flexibility index (Phi) is 4.83. The molecule has 1 N–H and O–H groups in total. The number of aliphatic carboxylic acids is 1. The van der Waals surface area contributed by atoms with Crippen LogP contribution in [0.1, 0.15) is 41.6 Å². The molecular weight excluding hydrogens is 344 g/mol. The van der Waals surface area contributed by atoms with Gasteiger partial charge in [0.15, 0.2) is 0 Å². The third-order valence-electron chi connectivity index (χ3n) is 4.94. The molecule has 1 atom stereocenters. The normalized spacial score (nSPS) is 21.6. The summed E-state index contributed by atoms with van der Waals surface area (Å²) in [6, 6.07) is 3.67. The summed E-state index contributed by atoms with van der Waals surface area (Å²) in [6.45, 7) is 3.09. The van der Waals surface area contributed by atoms with Crippen LogP contribution >= 0.6 is 0 Å². The number of hydrogen-bond acceptors (Lipinski definition) is 4. The topological polar surface area (TPSA) is 95.0 Å². The van der Waals surface area contributed by atoms with Crippen molar-refractivity contribution < 1.29 is 23.1 Å². The predicted octanol–water partition coefficient (Wildman–Crippen LogP) is 1.47. The zero-order chi connectivity index (χ0) is 18.2. The van der Waals surface area contributed by atoms with E-state index in [4.69, 9.17) is 0 Å². The number of likely N-dealkylation sites (tertiary alicyclic amines) is 1. The van der Waals surface area contributed by atoms with Crippen LogP contribution in [0, 0.1) is 6.92 Å². The van der Waals surface area contributed by atoms with Crippen LogP contribution in [0.4, 0.5) is 0 Å². The molecule has 3 rings (SSSR count). The van der Waals surface area contributed by atoms with Gasteiger partial charge in [0, 0.05) is 25.2 Å². The number of hydrogen-bond donors (Lipinski definition) is 1. The van der Waals surface area contributed by atoms with Gasteiger partial charge in [-0.1, -0.05) is 6.07 Å². The fraction of sp³-hybridized carbons (Fsp3) is 0.529. The van der Waals surface area contributed by atoms with Gasteiger partial charge >= 0.3 is 5.97 Å². The molecule has 1 aromatic rings. The van der Waals surface area contributed by atoms with Crippen LogP contribution in [-0.2, 0) is 14.8 Å². The van der Waals surface area contributed by atoms with E-state index in [2.05, 4.69) is 0 Å². The first-order valence-corrected chi connectivity index (χ1v) is 9.91. The van der Waals surface area contributed by atoms with E-state index in [1.807, 2.05) is 0 Å². The SMILES string of the molecule is Cc1ccc(S(=O)(=O)N2CCCC2)cc1C(=O)N1CCC[C@H]1C(=O)O. The first-order valence-electron chi connectivity index (χ1n) is 8.47. The quantitative estimate of drug-likeness (QED) is 0.871. The van der Waals surface area contributed by atoms with Crippen LogP contribution in [-0.4, -0.2) is 60.3 Å². The highest BCUT2D eigenvalue weighted by Gasteiger charge is 2.35. The van der Waals surface area contributed by atoms with E-state index in [1.54, 1.807) is 13.0 Å². The van der Waals surface area contributed by atoms with Gasteiger partial charge in [0.1, 0.15) is 6.04 Å². The lowest BCUT2D eigenvalue weighted by Gasteiger charge is -2.23. The molecule has 7 nitrogen and oxygen atoms in total. The van der Waals surface area contributed by atoms with E-state index >= 15 is 0 Å². The molecule has 0 aromatic heterocycles. The number of carbonyl (C=O) groups excluding carboxylic acids is 1. The fourth-order valence-corrected chi connectivity index (χ4v) is 5.03. The molecule has 1 aromatic carbocycles. The molecule has 0 radical (unpaired) electrons. The third kappa shape index (κ3) is 3.28. The lowest BCUT2D eigenvalue weighted by molar-refractivity contribution is -0.141. The van der Waals surface area contributed by atoms with Crippen LogP contribution in [0.25, 0.3) is 0 Å². The lowest BCUT2D eigenvalue weighted by atomic mass is 10.1. The van der Waals surface area contributed by atoms with Gasteiger partial charge in [0.2, 0.25) is 10.0 Å². The lowest BCUT2D eigenvalue weighted by Crippen LogP contribution is -2.40. The predicted molar refractivity (Wildman–Crippen MR) is 90.9 cm³/mol. The fourth-order valence-electron chi connectivity index (χ4n) is 3.49. The highest BCUT2D eigenvalue weighted by Crippen LogP contribution is 2.26. The van der Waals surface area contributed by atoms with E-state index in [9.17, 15) is 23.1 Å². The van der Waals surface area contributed by atoms with Gasteiger partial charge < -0.3 is 10.0 Å². The molecule has 0 bridgehead atoms. The third-order valence-corrected chi connectivity index (χ3v) is 6.84. The number of nitrogens with zero attached hydrogens (tertiary/aromatic N) is 2. The summed E-state index contributed by atoms with van der Waals surface area (Å²) in [6.07, 6.45) is 2.73. The smallest absolute Gasteiger partial charge is 0.326 e. The number of amides is 1. The van der Waals surface area contributed by atoms with Crippen molar-refractivity contribution in [2.24, 2.45) is 0 Å². The van der Waals surface area contributed by atoms with Gasteiger partial charge in [-0.15, -0.1) is 0 Å². The van der Waals surface area contributed by atoms with Gasteiger partial charge in [-0.25, -0.2) is 13.2 Å². The second-order valence-corrected chi connectivity index (χ2v) is 8.52. The Bertz CT molecular complexity index is 799. The second kappa shape index (κ2) is 6.76. The van der Waals surface area contributed by atoms with Crippen molar-refractivity contribution >= 4 is 21.9 Å². The van der Waals surface area contributed by atoms with E-state index < -0.39 is 27.9 Å². The van der Waals surface area contributed by atoms with Crippen molar-refractivity contribution in [3.63, 3.8) is 0 Å². The number of carbonyl (C=O) groups is 2. The summed E-state index contributed by atoms with van der Waals surface area (Å²) in [5.41, 5.74) is 0.898. The zero-order valence-electron chi connectivity index (χ0n) is 14.1. The van der Waals surface area contributed by atoms with Crippen LogP contribution in [0.15, 0.2) is 23.1 Å². The summed E-state index contributed by atoms with van der Waals surface area (Å²) >= 11 is 0. The molecule has 0 unspecified atom stereocenters. The Labute approximate surface area is 147 Å². The van der Waals surface area contributed by atoms with E-state index in [-0.39, 0.29) is 10.5 Å². The molecule has 0 spiro atoms. The van der Waals surface area contributed by atoms with Crippen LogP contribution in [0.2, 0.25) is 0 Å². The number of aryl methyl sites for hydroxylation is 1. The summed E-state index contributed by atoms with van der Waals surface area (Å²) < 4.78 is 26.9. The largest absolute Gasteiger partial charge is 0.480 e. The molecule has 25 heavy (non-hydrogen) atoms. The highest BCUT2D eigenvalue weighted by atomic mass is 32.2. The Hall–Kier alpha value is -1.93. The van der Waals surface area contributed by atoms with Crippen molar-refractivity contribution in [3.8, 4) is 0 Å². The monoisotopic (exact) mass is 366 g/mol. The molecule has 1 amide bonds. The van der Waals surface area contributed by atoms with Gasteiger partial charge in [-0.05, 0) is 50.3 Å². The first kappa shape index (κ1) is 17.9. The number of carboxylic acids is 1. The van der Waals surface area contributed by atoms with Crippen molar-refractivity contribution in [1.82, 2.24) is 9.21 Å². The maximum atomic E-state index is 12.8. The van der Waals surface area contributed by atoms with Crippen LogP contribution < -0.4 is 0 Å². The van der Waals surface area contributed by atoms with Crippen molar-refractivity contribution in [1.29, 1.82) is 0 Å². The molecule has 0 aliphatic carbocycles. The second-order valence-electron chi connectivity index (χ2n) is 6.58. The number of carboxylic acid groups (broad SMARTS) is 1. The average Bonchev–Trinajstić information content (AvgIpc) is 3.26. The molecular formula is C17H22N2O5S. The van der Waals surface area contributed by atoms with Gasteiger partial charge in [0.25, 0.3) is 5.91 Å². The zero-order valence-corrected chi connectivity index (χ0v) is 15.0. The first-order chi connectivity index (χ1) is 11.8. The Morgan fingerprint density at radius 2 is 1.80 bits per heavy atom. The Morgan fingerprint density at radius 1 is 1.12 bits per heavy atom. The molecule has 2 heterocycles. The van der Waals surface area contributed by atoms with Crippen molar-refractivity contribution in [3.05, 3.63) is 29.3 Å². The van der Waals surface area contributed by atoms with E-state index in [1.165, 1.54) is 21.3 Å². The minimum absolute atomic E-state index is 0.0921. The van der Waals surface area contributed by atoms with E-state index in [0.717, 1.165) is 12.8 Å². The summed E-state index contributed by atoms with van der Waals surface area (Å²) in [7, 11) is -3.62. The molecule has 2 saturated heterocycles. The van der Waals surface area contributed by atoms with Crippen molar-refractivity contribution in [2.45, 2.75) is 43.5 Å². The van der Waals surface area contributed by atoms with Gasteiger partial charge in [0.05, 0.1) is 4.90 Å². The minimum Gasteiger partial charge on any atom is -0.480 e. The summed E-state index contributed by atoms with van der Waals surface area (Å²) in [5.74, 6) is -1.44. The molecule has 0 saturated carbocycles. The molecule has 8 heteroatoms. The maximum absolute atomic E-state index is 12.8. The minimum atomic E-state index is -3.62. The standard InChI is InChI=1S/C17H22N2O5S/c1-12-6-7-13(25(23,24)18-8-2-3-9-18)11-14(12)16(20)19-10-4-5-15(19)17(21)22/h6-7,11,15H,2-5,8-10H2,1H3,(H,21,22)/t15-/m0/s1. The van der Waals surface area contributed by atoms with Gasteiger partial charge in [-0.3, -0.25) is 4.79 Å². The van der Waals surface area contributed by atoms with Crippen LogP contribution in [0.5, 0.6) is 0 Å². The molecule has 136 valence electrons. The average molecular weight is 366 g/mol. The van der Waals surface area contributed by atoms with E-state index in [0.29, 0.717) is 38.0 Å². The Balaban J connectivity index is 1.94. The Morgan fingerprint density at radius 3 is 2.44 bits per heavy atom.